The molecular weight excluding hydrogens is 291 g/mol. The van der Waals surface area contributed by atoms with E-state index in [1.807, 2.05) is 0 Å². The minimum Gasteiger partial charge on any atom is -0.466 e. The van der Waals surface area contributed by atoms with Crippen LogP contribution in [0.25, 0.3) is 0 Å². The first kappa shape index (κ1) is 13.8. The first-order chi connectivity index (χ1) is 8.06. The zero-order valence-corrected chi connectivity index (χ0v) is 10.9. The van der Waals surface area contributed by atoms with Crippen LogP contribution in [0.5, 0.6) is 0 Å². The summed E-state index contributed by atoms with van der Waals surface area (Å²) in [5.74, 6) is -1.45. The molecule has 0 saturated heterocycles. The summed E-state index contributed by atoms with van der Waals surface area (Å²) in [4.78, 5) is 22.8. The van der Waals surface area contributed by atoms with Crippen LogP contribution in [0.3, 0.4) is 0 Å². The molecule has 0 N–H and O–H groups in total. The van der Waals surface area contributed by atoms with Crippen molar-refractivity contribution in [3.05, 3.63) is 34.1 Å². The molecule has 0 heterocycles. The van der Waals surface area contributed by atoms with Crippen LogP contribution < -0.4 is 0 Å². The molecular formula is C12H12BrFO3. The molecule has 0 amide bonds. The molecule has 0 fully saturated rings. The summed E-state index contributed by atoms with van der Waals surface area (Å²) >= 11 is 3.11. The van der Waals surface area contributed by atoms with Crippen LogP contribution in [0.4, 0.5) is 4.39 Å². The van der Waals surface area contributed by atoms with Crippen molar-refractivity contribution in [1.29, 1.82) is 0 Å². The molecule has 3 nitrogen and oxygen atoms in total. The van der Waals surface area contributed by atoms with Gasteiger partial charge in [-0.1, -0.05) is 6.07 Å². The molecule has 1 rings (SSSR count). The highest BCUT2D eigenvalue weighted by Crippen LogP contribution is 2.21. The number of benzene rings is 1. The smallest absolute Gasteiger partial charge is 0.306 e. The molecule has 0 atom stereocenters. The van der Waals surface area contributed by atoms with Crippen molar-refractivity contribution in [1.82, 2.24) is 0 Å². The zero-order valence-electron chi connectivity index (χ0n) is 9.33. The fourth-order valence-electron chi connectivity index (χ4n) is 1.34. The van der Waals surface area contributed by atoms with E-state index < -0.39 is 17.6 Å². The van der Waals surface area contributed by atoms with Gasteiger partial charge in [-0.3, -0.25) is 9.59 Å². The Labute approximate surface area is 107 Å². The number of carbonyl (C=O) groups excluding carboxylic acids is 2. The van der Waals surface area contributed by atoms with E-state index in [0.29, 0.717) is 4.47 Å². The van der Waals surface area contributed by atoms with Crippen LogP contribution in [0.2, 0.25) is 0 Å². The Hall–Kier alpha value is -1.23. The fraction of sp³-hybridized carbons (Fsp3) is 0.333. The van der Waals surface area contributed by atoms with E-state index in [9.17, 15) is 14.0 Å². The van der Waals surface area contributed by atoms with Crippen molar-refractivity contribution < 1.29 is 18.7 Å². The maximum atomic E-state index is 13.4. The third-order valence-corrected chi connectivity index (χ3v) is 2.76. The Bertz CT molecular complexity index is 412. The standard InChI is InChI=1S/C12H12BrFO3/c1-2-17-11(16)7-6-10(15)12-8(13)4-3-5-9(12)14/h3-5H,2,6-7H2,1H3. The molecule has 1 aromatic carbocycles. The van der Waals surface area contributed by atoms with Gasteiger partial charge in [0.1, 0.15) is 5.82 Å². The van der Waals surface area contributed by atoms with Crippen LogP contribution >= 0.6 is 15.9 Å². The predicted octanol–water partition coefficient (Wildman–Crippen LogP) is 3.11. The lowest BCUT2D eigenvalue weighted by molar-refractivity contribution is -0.143. The summed E-state index contributed by atoms with van der Waals surface area (Å²) in [7, 11) is 0. The van der Waals surface area contributed by atoms with Gasteiger partial charge in [0.2, 0.25) is 0 Å². The summed E-state index contributed by atoms with van der Waals surface area (Å²) in [6.45, 7) is 1.96. The van der Waals surface area contributed by atoms with Crippen molar-refractivity contribution in [2.45, 2.75) is 19.8 Å². The Morgan fingerprint density at radius 2 is 2.06 bits per heavy atom. The third-order valence-electron chi connectivity index (χ3n) is 2.10. The van der Waals surface area contributed by atoms with Gasteiger partial charge in [0.05, 0.1) is 18.6 Å². The molecule has 17 heavy (non-hydrogen) atoms. The first-order valence-corrected chi connectivity index (χ1v) is 5.98. The van der Waals surface area contributed by atoms with E-state index in [0.717, 1.165) is 0 Å². The molecule has 5 heteroatoms. The van der Waals surface area contributed by atoms with Gasteiger partial charge in [0.15, 0.2) is 5.78 Å². The van der Waals surface area contributed by atoms with Gasteiger partial charge in [-0.25, -0.2) is 4.39 Å². The second kappa shape index (κ2) is 6.49. The van der Waals surface area contributed by atoms with Gasteiger partial charge in [0.25, 0.3) is 0 Å². The number of ketones is 1. The van der Waals surface area contributed by atoms with E-state index in [2.05, 4.69) is 15.9 Å². The molecule has 0 unspecified atom stereocenters. The Kier molecular flexibility index (Phi) is 5.28. The predicted molar refractivity (Wildman–Crippen MR) is 64.3 cm³/mol. The molecule has 92 valence electrons. The molecule has 0 spiro atoms. The van der Waals surface area contributed by atoms with Gasteiger partial charge in [-0.05, 0) is 35.0 Å². The number of rotatable bonds is 5. The summed E-state index contributed by atoms with van der Waals surface area (Å²) in [6, 6.07) is 4.30. The summed E-state index contributed by atoms with van der Waals surface area (Å²) in [5.41, 5.74) is -0.0169. The Morgan fingerprint density at radius 1 is 1.35 bits per heavy atom. The number of hydrogen-bond donors (Lipinski definition) is 0. The van der Waals surface area contributed by atoms with Crippen molar-refractivity contribution in [2.75, 3.05) is 6.61 Å². The molecule has 0 aliphatic carbocycles. The number of hydrogen-bond acceptors (Lipinski definition) is 3. The van der Waals surface area contributed by atoms with Gasteiger partial charge in [-0.2, -0.15) is 0 Å². The normalized spacial score (nSPS) is 10.1. The maximum absolute atomic E-state index is 13.4. The molecule has 0 aromatic heterocycles. The molecule has 0 radical (unpaired) electrons. The Balaban J connectivity index is 2.68. The van der Waals surface area contributed by atoms with E-state index >= 15 is 0 Å². The highest BCUT2D eigenvalue weighted by molar-refractivity contribution is 9.10. The second-order valence-corrected chi connectivity index (χ2v) is 4.18. The van der Waals surface area contributed by atoms with Crippen molar-refractivity contribution in [3.8, 4) is 0 Å². The summed E-state index contributed by atoms with van der Waals surface area (Å²) in [5, 5.41) is 0. The maximum Gasteiger partial charge on any atom is 0.306 e. The SMILES string of the molecule is CCOC(=O)CCC(=O)c1c(F)cccc1Br. The van der Waals surface area contributed by atoms with E-state index in [1.54, 1.807) is 13.0 Å². The minimum absolute atomic E-state index is 0.0169. The third kappa shape index (κ3) is 3.93. The van der Waals surface area contributed by atoms with Gasteiger partial charge in [-0.15, -0.1) is 0 Å². The molecule has 0 aliphatic heterocycles. The minimum atomic E-state index is -0.590. The van der Waals surface area contributed by atoms with Gasteiger partial charge in [0, 0.05) is 10.9 Å². The number of halogens is 2. The van der Waals surface area contributed by atoms with Crippen LogP contribution in [0.1, 0.15) is 30.1 Å². The Morgan fingerprint density at radius 3 is 2.65 bits per heavy atom. The highest BCUT2D eigenvalue weighted by Gasteiger charge is 2.16. The molecule has 0 aliphatic rings. The highest BCUT2D eigenvalue weighted by atomic mass is 79.9. The number of ether oxygens (including phenoxy) is 1. The second-order valence-electron chi connectivity index (χ2n) is 3.32. The monoisotopic (exact) mass is 302 g/mol. The van der Waals surface area contributed by atoms with Crippen LogP contribution in [0.15, 0.2) is 22.7 Å². The first-order valence-electron chi connectivity index (χ1n) is 5.19. The van der Waals surface area contributed by atoms with Crippen molar-refractivity contribution >= 4 is 27.7 Å². The van der Waals surface area contributed by atoms with E-state index in [-0.39, 0.29) is 25.0 Å². The lowest BCUT2D eigenvalue weighted by atomic mass is 10.1. The lowest BCUT2D eigenvalue weighted by Crippen LogP contribution is -2.09. The van der Waals surface area contributed by atoms with Crippen LogP contribution in [-0.4, -0.2) is 18.4 Å². The van der Waals surface area contributed by atoms with Crippen molar-refractivity contribution in [2.24, 2.45) is 0 Å². The number of carbonyl (C=O) groups is 2. The summed E-state index contributed by atoms with van der Waals surface area (Å²) < 4.78 is 18.5. The van der Waals surface area contributed by atoms with Crippen LogP contribution in [0, 0.1) is 5.82 Å². The largest absolute Gasteiger partial charge is 0.466 e. The number of esters is 1. The van der Waals surface area contributed by atoms with Gasteiger partial charge >= 0.3 is 5.97 Å². The topological polar surface area (TPSA) is 43.4 Å². The lowest BCUT2D eigenvalue weighted by Gasteiger charge is -2.05. The van der Waals surface area contributed by atoms with E-state index in [1.165, 1.54) is 12.1 Å². The number of Topliss-reactive ketones (excluding diaryl/α,β-unsaturated/α-hetero) is 1. The quantitative estimate of drug-likeness (QED) is 0.620. The fourth-order valence-corrected chi connectivity index (χ4v) is 1.90. The molecule has 1 aromatic rings. The van der Waals surface area contributed by atoms with Gasteiger partial charge < -0.3 is 4.74 Å². The van der Waals surface area contributed by atoms with E-state index in [4.69, 9.17) is 4.74 Å². The van der Waals surface area contributed by atoms with Crippen molar-refractivity contribution in [3.63, 3.8) is 0 Å². The molecule has 0 bridgehead atoms. The zero-order chi connectivity index (χ0) is 12.8. The average molecular weight is 303 g/mol. The van der Waals surface area contributed by atoms with Crippen LogP contribution in [-0.2, 0) is 9.53 Å². The molecule has 0 saturated carbocycles. The average Bonchev–Trinajstić information content (AvgIpc) is 2.26. The summed E-state index contributed by atoms with van der Waals surface area (Å²) in [6.07, 6.45) is -0.0915.